The Morgan fingerprint density at radius 3 is 2.29 bits per heavy atom. The van der Waals surface area contributed by atoms with E-state index in [1.54, 1.807) is 0 Å². The number of anilines is 2. The summed E-state index contributed by atoms with van der Waals surface area (Å²) >= 11 is 0. The van der Waals surface area contributed by atoms with E-state index in [9.17, 15) is 0 Å². The molecule has 2 nitrogen and oxygen atoms in total. The maximum Gasteiger partial charge on any atom is 0.0597 e. The molecule has 0 heterocycles. The molecule has 1 aromatic carbocycles. The van der Waals surface area contributed by atoms with Gasteiger partial charge in [-0.3, -0.25) is 0 Å². The third kappa shape index (κ3) is 2.95. The molecule has 0 saturated carbocycles. The maximum absolute atomic E-state index is 5.90. The molecule has 0 saturated heterocycles. The summed E-state index contributed by atoms with van der Waals surface area (Å²) in [5, 5.41) is 0. The molecule has 0 unspecified atom stereocenters. The molecule has 0 spiro atoms. The molecule has 1 aromatic rings. The number of hydrogen-bond donors (Lipinski definition) is 1. The SMILES string of the molecule is CN(CC(C)(C)C)c1ccccc1N. The molecule has 2 heteroatoms. The van der Waals surface area contributed by atoms with Gasteiger partial charge in [0.25, 0.3) is 0 Å². The molecular weight excluding hydrogens is 172 g/mol. The number of nitrogens with zero attached hydrogens (tertiary/aromatic N) is 1. The summed E-state index contributed by atoms with van der Waals surface area (Å²) in [6.07, 6.45) is 0. The third-order valence-corrected chi connectivity index (χ3v) is 2.06. The largest absolute Gasteiger partial charge is 0.397 e. The van der Waals surface area contributed by atoms with E-state index in [1.165, 1.54) is 0 Å². The fraction of sp³-hybridized carbons (Fsp3) is 0.500. The standard InChI is InChI=1S/C12H20N2/c1-12(2,3)9-14(4)11-8-6-5-7-10(11)13/h5-8H,9,13H2,1-4H3. The Balaban J connectivity index is 2.80. The van der Waals surface area contributed by atoms with Crippen molar-refractivity contribution in [1.29, 1.82) is 0 Å². The van der Waals surface area contributed by atoms with Gasteiger partial charge in [-0.25, -0.2) is 0 Å². The van der Waals surface area contributed by atoms with Crippen molar-refractivity contribution in [2.75, 3.05) is 24.2 Å². The number of nitrogen functional groups attached to an aromatic ring is 1. The van der Waals surface area contributed by atoms with Gasteiger partial charge in [-0.1, -0.05) is 32.9 Å². The molecule has 78 valence electrons. The highest BCUT2D eigenvalue weighted by Crippen LogP contribution is 2.24. The number of nitrogens with two attached hydrogens (primary N) is 1. The first-order valence-corrected chi connectivity index (χ1v) is 4.96. The molecule has 0 fully saturated rings. The first kappa shape index (κ1) is 10.9. The minimum atomic E-state index is 0.289. The van der Waals surface area contributed by atoms with Gasteiger partial charge >= 0.3 is 0 Å². The zero-order chi connectivity index (χ0) is 10.8. The minimum Gasteiger partial charge on any atom is -0.397 e. The zero-order valence-corrected chi connectivity index (χ0v) is 9.54. The summed E-state index contributed by atoms with van der Waals surface area (Å²) in [5.41, 5.74) is 8.15. The zero-order valence-electron chi connectivity index (χ0n) is 9.54. The van der Waals surface area contributed by atoms with Gasteiger partial charge in [0.2, 0.25) is 0 Å². The number of rotatable bonds is 2. The maximum atomic E-state index is 5.90. The van der Waals surface area contributed by atoms with Crippen molar-refractivity contribution in [3.05, 3.63) is 24.3 Å². The van der Waals surface area contributed by atoms with E-state index in [2.05, 4.69) is 38.8 Å². The van der Waals surface area contributed by atoms with Crippen molar-refractivity contribution in [2.45, 2.75) is 20.8 Å². The summed E-state index contributed by atoms with van der Waals surface area (Å²) in [6, 6.07) is 7.98. The molecule has 1 rings (SSSR count). The third-order valence-electron chi connectivity index (χ3n) is 2.06. The van der Waals surface area contributed by atoms with Crippen molar-refractivity contribution < 1.29 is 0 Å². The number of benzene rings is 1. The van der Waals surface area contributed by atoms with Crippen LogP contribution in [0.3, 0.4) is 0 Å². The van der Waals surface area contributed by atoms with Crippen LogP contribution in [0, 0.1) is 5.41 Å². The lowest BCUT2D eigenvalue weighted by molar-refractivity contribution is 0.419. The first-order valence-electron chi connectivity index (χ1n) is 4.96. The van der Waals surface area contributed by atoms with E-state index >= 15 is 0 Å². The van der Waals surface area contributed by atoms with Gasteiger partial charge in [0.05, 0.1) is 11.4 Å². The molecule has 0 radical (unpaired) electrons. The molecule has 0 amide bonds. The molecule has 2 N–H and O–H groups in total. The Morgan fingerprint density at radius 2 is 1.79 bits per heavy atom. The first-order chi connectivity index (χ1) is 6.40. The van der Waals surface area contributed by atoms with Crippen LogP contribution in [0.5, 0.6) is 0 Å². The second-order valence-corrected chi connectivity index (χ2v) is 4.98. The smallest absolute Gasteiger partial charge is 0.0597 e. The van der Waals surface area contributed by atoms with E-state index in [4.69, 9.17) is 5.73 Å². The second-order valence-electron chi connectivity index (χ2n) is 4.98. The predicted molar refractivity (Wildman–Crippen MR) is 63.6 cm³/mol. The molecule has 0 aliphatic heterocycles. The van der Waals surface area contributed by atoms with Crippen molar-refractivity contribution in [3.63, 3.8) is 0 Å². The van der Waals surface area contributed by atoms with Crippen LogP contribution in [-0.4, -0.2) is 13.6 Å². The number of hydrogen-bond acceptors (Lipinski definition) is 2. The van der Waals surface area contributed by atoms with Gasteiger partial charge in [-0.05, 0) is 17.5 Å². The van der Waals surface area contributed by atoms with Crippen LogP contribution in [0.2, 0.25) is 0 Å². The molecule has 0 bridgehead atoms. The Kier molecular flexibility index (Phi) is 3.04. The van der Waals surface area contributed by atoms with Crippen molar-refractivity contribution >= 4 is 11.4 Å². The summed E-state index contributed by atoms with van der Waals surface area (Å²) in [7, 11) is 2.08. The average molecular weight is 192 g/mol. The van der Waals surface area contributed by atoms with Crippen LogP contribution in [0.25, 0.3) is 0 Å². The Labute approximate surface area is 86.7 Å². The highest BCUT2D eigenvalue weighted by molar-refractivity contribution is 5.66. The summed E-state index contributed by atoms with van der Waals surface area (Å²) in [5.74, 6) is 0. The van der Waals surface area contributed by atoms with Gasteiger partial charge in [-0.15, -0.1) is 0 Å². The monoisotopic (exact) mass is 192 g/mol. The van der Waals surface area contributed by atoms with Crippen molar-refractivity contribution in [3.8, 4) is 0 Å². The molecule has 0 aliphatic rings. The lowest BCUT2D eigenvalue weighted by atomic mass is 9.96. The van der Waals surface area contributed by atoms with E-state index in [-0.39, 0.29) is 5.41 Å². The molecular formula is C12H20N2. The normalized spacial score (nSPS) is 11.4. The fourth-order valence-electron chi connectivity index (χ4n) is 1.63. The van der Waals surface area contributed by atoms with Crippen LogP contribution in [0.1, 0.15) is 20.8 Å². The topological polar surface area (TPSA) is 29.3 Å². The summed E-state index contributed by atoms with van der Waals surface area (Å²) < 4.78 is 0. The lowest BCUT2D eigenvalue weighted by Gasteiger charge is -2.29. The van der Waals surface area contributed by atoms with E-state index < -0.39 is 0 Å². The van der Waals surface area contributed by atoms with Crippen LogP contribution in [-0.2, 0) is 0 Å². The predicted octanol–water partition coefficient (Wildman–Crippen LogP) is 2.75. The van der Waals surface area contributed by atoms with E-state index in [0.717, 1.165) is 17.9 Å². The quantitative estimate of drug-likeness (QED) is 0.730. The highest BCUT2D eigenvalue weighted by Gasteiger charge is 2.14. The van der Waals surface area contributed by atoms with Crippen LogP contribution >= 0.6 is 0 Å². The summed E-state index contributed by atoms with van der Waals surface area (Å²) in [4.78, 5) is 2.20. The Morgan fingerprint density at radius 1 is 1.21 bits per heavy atom. The number of para-hydroxylation sites is 2. The summed E-state index contributed by atoms with van der Waals surface area (Å²) in [6.45, 7) is 7.68. The minimum absolute atomic E-state index is 0.289. The molecule has 0 aliphatic carbocycles. The Bertz CT molecular complexity index is 299. The van der Waals surface area contributed by atoms with Gasteiger partial charge in [0.1, 0.15) is 0 Å². The van der Waals surface area contributed by atoms with Crippen LogP contribution in [0.15, 0.2) is 24.3 Å². The lowest BCUT2D eigenvalue weighted by Crippen LogP contribution is -2.29. The van der Waals surface area contributed by atoms with Crippen LogP contribution in [0.4, 0.5) is 11.4 Å². The van der Waals surface area contributed by atoms with Crippen molar-refractivity contribution in [2.24, 2.45) is 5.41 Å². The Hall–Kier alpha value is -1.18. The van der Waals surface area contributed by atoms with E-state index in [1.807, 2.05) is 18.2 Å². The molecule has 14 heavy (non-hydrogen) atoms. The van der Waals surface area contributed by atoms with Gasteiger partial charge in [0, 0.05) is 13.6 Å². The van der Waals surface area contributed by atoms with E-state index in [0.29, 0.717) is 0 Å². The van der Waals surface area contributed by atoms with Crippen molar-refractivity contribution in [1.82, 2.24) is 0 Å². The van der Waals surface area contributed by atoms with Gasteiger partial charge in [0.15, 0.2) is 0 Å². The average Bonchev–Trinajstić information content (AvgIpc) is 2.01. The highest BCUT2D eigenvalue weighted by atomic mass is 15.1. The second kappa shape index (κ2) is 3.91. The molecule has 0 atom stereocenters. The molecule has 0 aromatic heterocycles. The van der Waals surface area contributed by atoms with Gasteiger partial charge in [-0.2, -0.15) is 0 Å². The fourth-order valence-corrected chi connectivity index (χ4v) is 1.63. The van der Waals surface area contributed by atoms with Gasteiger partial charge < -0.3 is 10.6 Å². The van der Waals surface area contributed by atoms with Crippen LogP contribution < -0.4 is 10.6 Å².